The number of rotatable bonds is 2. The highest BCUT2D eigenvalue weighted by Crippen LogP contribution is 2.34. The van der Waals surface area contributed by atoms with E-state index in [1.165, 1.54) is 0 Å². The molecule has 0 aromatic rings. The summed E-state index contributed by atoms with van der Waals surface area (Å²) in [5, 5.41) is 0. The maximum absolute atomic E-state index is 11.5. The molecule has 0 amide bonds. The van der Waals surface area contributed by atoms with E-state index in [-0.39, 0.29) is 11.7 Å². The molecule has 78 valence electrons. The first-order chi connectivity index (χ1) is 6.63. The first-order valence-corrected chi connectivity index (χ1v) is 5.16. The maximum Gasteiger partial charge on any atom is 0.166 e. The van der Waals surface area contributed by atoms with Crippen molar-refractivity contribution in [2.24, 2.45) is 11.8 Å². The summed E-state index contributed by atoms with van der Waals surface area (Å²) in [5.74, 6) is 0.585. The number of ketones is 1. The highest BCUT2D eigenvalue weighted by atomic mass is 16.1. The molecule has 14 heavy (non-hydrogen) atoms. The van der Waals surface area contributed by atoms with Gasteiger partial charge in [0.1, 0.15) is 0 Å². The minimum Gasteiger partial charge on any atom is -0.294 e. The van der Waals surface area contributed by atoms with Gasteiger partial charge < -0.3 is 0 Å². The average molecular weight is 192 g/mol. The van der Waals surface area contributed by atoms with Crippen LogP contribution in [0.3, 0.4) is 0 Å². The van der Waals surface area contributed by atoms with Gasteiger partial charge in [0.2, 0.25) is 0 Å². The molecule has 0 aliphatic heterocycles. The molecule has 2 atom stereocenters. The van der Waals surface area contributed by atoms with Gasteiger partial charge in [0.05, 0.1) is 0 Å². The lowest BCUT2D eigenvalue weighted by Crippen LogP contribution is -2.10. The van der Waals surface area contributed by atoms with Crippen LogP contribution >= 0.6 is 0 Å². The van der Waals surface area contributed by atoms with Crippen molar-refractivity contribution in [1.82, 2.24) is 0 Å². The third kappa shape index (κ3) is 2.03. The molecule has 1 heteroatoms. The van der Waals surface area contributed by atoms with Crippen LogP contribution in [0.1, 0.15) is 27.7 Å². The van der Waals surface area contributed by atoms with E-state index in [0.29, 0.717) is 5.92 Å². The normalized spacial score (nSPS) is 25.6. The van der Waals surface area contributed by atoms with Crippen LogP contribution in [0.5, 0.6) is 0 Å². The molecule has 0 aromatic heterocycles. The quantitative estimate of drug-likeness (QED) is 0.654. The van der Waals surface area contributed by atoms with Crippen molar-refractivity contribution < 1.29 is 4.79 Å². The zero-order chi connectivity index (χ0) is 11.3. The minimum atomic E-state index is 0.0889. The maximum atomic E-state index is 11.5. The van der Waals surface area contributed by atoms with Crippen LogP contribution in [0.15, 0.2) is 36.5 Å². The first-order valence-electron chi connectivity index (χ1n) is 5.16. The Labute approximate surface area is 87.2 Å². The van der Waals surface area contributed by atoms with E-state index in [2.05, 4.69) is 20.1 Å². The van der Waals surface area contributed by atoms with Crippen molar-refractivity contribution in [3.8, 4) is 0 Å². The molecule has 2 unspecified atom stereocenters. The molecule has 0 N–H and O–H groups in total. The van der Waals surface area contributed by atoms with Gasteiger partial charge in [0.25, 0.3) is 0 Å². The summed E-state index contributed by atoms with van der Waals surface area (Å²) in [6.45, 7) is 15.3. The van der Waals surface area contributed by atoms with Gasteiger partial charge in [-0.3, -0.25) is 4.79 Å². The third-order valence-corrected chi connectivity index (χ3v) is 2.65. The van der Waals surface area contributed by atoms with E-state index >= 15 is 0 Å². The molecule has 1 aliphatic rings. The van der Waals surface area contributed by atoms with Crippen LogP contribution in [0.25, 0.3) is 0 Å². The Morgan fingerprint density at radius 3 is 1.86 bits per heavy atom. The topological polar surface area (TPSA) is 17.1 Å². The molecule has 0 saturated carbocycles. The van der Waals surface area contributed by atoms with Crippen molar-refractivity contribution in [3.05, 3.63) is 36.5 Å². The summed E-state index contributed by atoms with van der Waals surface area (Å²) < 4.78 is 0. The molecule has 1 aliphatic carbocycles. The predicted octanol–water partition coefficient (Wildman–Crippen LogP) is 3.54. The van der Waals surface area contributed by atoms with Crippen LogP contribution in [-0.4, -0.2) is 5.78 Å². The standard InChI is InChI=1S/C11H14O.C2H6/c1-5-9-7(3)8(4)11(12)10(9)6-2;1-2/h5-8H,1-2H2,3-4H3;1-2H3. The number of hydrogen-bond acceptors (Lipinski definition) is 1. The smallest absolute Gasteiger partial charge is 0.166 e. The Morgan fingerprint density at radius 1 is 1.07 bits per heavy atom. The van der Waals surface area contributed by atoms with E-state index in [1.807, 2.05) is 20.8 Å². The van der Waals surface area contributed by atoms with Gasteiger partial charge in [-0.2, -0.15) is 0 Å². The Hall–Kier alpha value is -1.11. The molecule has 1 rings (SSSR count). The highest BCUT2D eigenvalue weighted by molar-refractivity contribution is 6.03. The molecule has 0 aromatic carbocycles. The molecule has 1 nitrogen and oxygen atoms in total. The van der Waals surface area contributed by atoms with Gasteiger partial charge in [0.15, 0.2) is 5.78 Å². The van der Waals surface area contributed by atoms with Crippen molar-refractivity contribution in [2.45, 2.75) is 27.7 Å². The largest absolute Gasteiger partial charge is 0.294 e. The zero-order valence-electron chi connectivity index (χ0n) is 9.63. The Kier molecular flexibility index (Phi) is 5.14. The van der Waals surface area contributed by atoms with Gasteiger partial charge in [-0.25, -0.2) is 0 Å². The van der Waals surface area contributed by atoms with Crippen molar-refractivity contribution in [2.75, 3.05) is 0 Å². The van der Waals surface area contributed by atoms with Crippen LogP contribution in [-0.2, 0) is 4.79 Å². The van der Waals surface area contributed by atoms with E-state index in [4.69, 9.17) is 0 Å². The fraction of sp³-hybridized carbons (Fsp3) is 0.462. The monoisotopic (exact) mass is 192 g/mol. The van der Waals surface area contributed by atoms with Crippen LogP contribution in [0.4, 0.5) is 0 Å². The molecular formula is C13H20O. The second-order valence-corrected chi connectivity index (χ2v) is 3.22. The minimum absolute atomic E-state index is 0.0889. The van der Waals surface area contributed by atoms with Gasteiger partial charge in [-0.1, -0.05) is 53.0 Å². The summed E-state index contributed by atoms with van der Waals surface area (Å²) in [6.07, 6.45) is 3.41. The van der Waals surface area contributed by atoms with E-state index in [9.17, 15) is 4.79 Å². The molecule has 0 heterocycles. The van der Waals surface area contributed by atoms with Gasteiger partial charge in [-0.15, -0.1) is 0 Å². The second-order valence-electron chi connectivity index (χ2n) is 3.22. The number of Topliss-reactive ketones (excluding diaryl/α,β-unsaturated/α-hetero) is 1. The molecule has 0 fully saturated rings. The Morgan fingerprint density at radius 2 is 1.57 bits per heavy atom. The molecule has 0 spiro atoms. The lowest BCUT2D eigenvalue weighted by Gasteiger charge is -2.08. The van der Waals surface area contributed by atoms with Crippen molar-refractivity contribution >= 4 is 5.78 Å². The van der Waals surface area contributed by atoms with E-state index in [0.717, 1.165) is 11.1 Å². The van der Waals surface area contributed by atoms with Crippen LogP contribution in [0, 0.1) is 11.8 Å². The van der Waals surface area contributed by atoms with Gasteiger partial charge in [-0.05, 0) is 11.5 Å². The second kappa shape index (κ2) is 5.58. The van der Waals surface area contributed by atoms with Gasteiger partial charge >= 0.3 is 0 Å². The fourth-order valence-electron chi connectivity index (χ4n) is 1.64. The number of carbonyl (C=O) groups is 1. The number of carbonyl (C=O) groups excluding carboxylic acids is 1. The molecule has 0 saturated heterocycles. The average Bonchev–Trinajstić information content (AvgIpc) is 2.44. The Bertz CT molecular complexity index is 271. The summed E-state index contributed by atoms with van der Waals surface area (Å²) in [7, 11) is 0. The van der Waals surface area contributed by atoms with Crippen molar-refractivity contribution in [3.63, 3.8) is 0 Å². The predicted molar refractivity (Wildman–Crippen MR) is 62.1 cm³/mol. The fourth-order valence-corrected chi connectivity index (χ4v) is 1.64. The SMILES string of the molecule is C=CC1=C(C=C)C(C)C(C)C1=O.CC. The number of allylic oxidation sites excluding steroid dienone is 4. The summed E-state index contributed by atoms with van der Waals surface area (Å²) in [4.78, 5) is 11.5. The van der Waals surface area contributed by atoms with Crippen molar-refractivity contribution in [1.29, 1.82) is 0 Å². The first kappa shape index (κ1) is 12.9. The summed E-state index contributed by atoms with van der Waals surface area (Å²) >= 11 is 0. The van der Waals surface area contributed by atoms with Crippen LogP contribution < -0.4 is 0 Å². The number of hydrogen-bond donors (Lipinski definition) is 0. The molecular weight excluding hydrogens is 172 g/mol. The lowest BCUT2D eigenvalue weighted by molar-refractivity contribution is -0.118. The molecule has 0 bridgehead atoms. The van der Waals surface area contributed by atoms with Gasteiger partial charge in [0, 0.05) is 11.5 Å². The lowest BCUT2D eigenvalue weighted by atomic mass is 9.94. The van der Waals surface area contributed by atoms with Crippen LogP contribution in [0.2, 0.25) is 0 Å². The third-order valence-electron chi connectivity index (χ3n) is 2.65. The highest BCUT2D eigenvalue weighted by Gasteiger charge is 2.32. The van der Waals surface area contributed by atoms with E-state index < -0.39 is 0 Å². The zero-order valence-corrected chi connectivity index (χ0v) is 9.63. The molecule has 0 radical (unpaired) electrons. The van der Waals surface area contributed by atoms with E-state index in [1.54, 1.807) is 12.2 Å². The summed E-state index contributed by atoms with van der Waals surface area (Å²) in [6, 6.07) is 0. The summed E-state index contributed by atoms with van der Waals surface area (Å²) in [5.41, 5.74) is 1.80. The Balaban J connectivity index is 0.000000791.